The van der Waals surface area contributed by atoms with E-state index in [2.05, 4.69) is 10.6 Å². The van der Waals surface area contributed by atoms with Crippen molar-refractivity contribution in [2.45, 2.75) is 25.4 Å². The molecular weight excluding hydrogens is 270 g/mol. The number of carboxylic acid groups (broad SMARTS) is 1. The second-order valence-corrected chi connectivity index (χ2v) is 4.83. The SMILES string of the molecule is NC(=O)CC[C@@H](NC(=O)NCc1cccs1)C(=O)O. The molecule has 0 fully saturated rings. The number of carbonyl (C=O) groups is 3. The molecule has 7 nitrogen and oxygen atoms in total. The Labute approximate surface area is 113 Å². The maximum atomic E-state index is 11.5. The molecule has 1 rings (SSSR count). The predicted molar refractivity (Wildman–Crippen MR) is 69.5 cm³/mol. The molecule has 1 heterocycles. The zero-order valence-corrected chi connectivity index (χ0v) is 10.9. The van der Waals surface area contributed by atoms with Crippen molar-refractivity contribution in [2.75, 3.05) is 0 Å². The Morgan fingerprint density at radius 1 is 1.42 bits per heavy atom. The Morgan fingerprint density at radius 3 is 2.68 bits per heavy atom. The molecule has 1 aromatic rings. The van der Waals surface area contributed by atoms with Gasteiger partial charge in [0.15, 0.2) is 0 Å². The molecule has 0 bridgehead atoms. The fourth-order valence-electron chi connectivity index (χ4n) is 1.33. The molecule has 5 N–H and O–H groups in total. The lowest BCUT2D eigenvalue weighted by atomic mass is 10.1. The zero-order valence-electron chi connectivity index (χ0n) is 10.1. The van der Waals surface area contributed by atoms with Crippen LogP contribution in [0.2, 0.25) is 0 Å². The molecule has 0 unspecified atom stereocenters. The fraction of sp³-hybridized carbons (Fsp3) is 0.364. The number of aliphatic carboxylic acids is 1. The van der Waals surface area contributed by atoms with Crippen molar-refractivity contribution in [3.8, 4) is 0 Å². The second kappa shape index (κ2) is 7.37. The van der Waals surface area contributed by atoms with Crippen molar-refractivity contribution in [3.63, 3.8) is 0 Å². The van der Waals surface area contributed by atoms with Gasteiger partial charge in [0.05, 0.1) is 6.54 Å². The molecule has 1 atom stereocenters. The lowest BCUT2D eigenvalue weighted by Gasteiger charge is -2.14. The topological polar surface area (TPSA) is 122 Å². The van der Waals surface area contributed by atoms with Crippen molar-refractivity contribution in [1.82, 2.24) is 10.6 Å². The van der Waals surface area contributed by atoms with Crippen LogP contribution >= 0.6 is 11.3 Å². The monoisotopic (exact) mass is 285 g/mol. The normalized spacial score (nSPS) is 11.6. The number of carboxylic acids is 1. The van der Waals surface area contributed by atoms with Crippen LogP contribution in [-0.4, -0.2) is 29.1 Å². The summed E-state index contributed by atoms with van der Waals surface area (Å²) in [6, 6.07) is 1.99. The number of rotatable bonds is 7. The molecule has 0 aliphatic heterocycles. The van der Waals surface area contributed by atoms with Crippen LogP contribution in [0.25, 0.3) is 0 Å². The molecule has 0 aliphatic carbocycles. The van der Waals surface area contributed by atoms with E-state index in [4.69, 9.17) is 10.8 Å². The van der Waals surface area contributed by atoms with Crippen LogP contribution in [0.4, 0.5) is 4.79 Å². The van der Waals surface area contributed by atoms with E-state index in [0.29, 0.717) is 6.54 Å². The Hall–Kier alpha value is -2.09. The first kappa shape index (κ1) is 15.0. The summed E-state index contributed by atoms with van der Waals surface area (Å²) in [6.45, 7) is 0.325. The number of nitrogens with two attached hydrogens (primary N) is 1. The largest absolute Gasteiger partial charge is 0.480 e. The van der Waals surface area contributed by atoms with Crippen LogP contribution in [0.5, 0.6) is 0 Å². The van der Waals surface area contributed by atoms with Crippen molar-refractivity contribution in [1.29, 1.82) is 0 Å². The maximum Gasteiger partial charge on any atom is 0.326 e. The van der Waals surface area contributed by atoms with E-state index in [1.807, 2.05) is 17.5 Å². The molecule has 0 saturated heterocycles. The third-order valence-electron chi connectivity index (χ3n) is 2.29. The van der Waals surface area contributed by atoms with E-state index >= 15 is 0 Å². The molecule has 0 saturated carbocycles. The highest BCUT2D eigenvalue weighted by molar-refractivity contribution is 7.09. The Morgan fingerprint density at radius 2 is 2.16 bits per heavy atom. The van der Waals surface area contributed by atoms with Gasteiger partial charge in [-0.1, -0.05) is 6.07 Å². The molecule has 104 valence electrons. The minimum Gasteiger partial charge on any atom is -0.480 e. The summed E-state index contributed by atoms with van der Waals surface area (Å²) < 4.78 is 0. The quantitative estimate of drug-likeness (QED) is 0.574. The smallest absolute Gasteiger partial charge is 0.326 e. The second-order valence-electron chi connectivity index (χ2n) is 3.80. The van der Waals surface area contributed by atoms with E-state index in [1.165, 1.54) is 11.3 Å². The van der Waals surface area contributed by atoms with Crippen molar-refractivity contribution in [2.24, 2.45) is 5.73 Å². The van der Waals surface area contributed by atoms with Gasteiger partial charge in [-0.3, -0.25) is 4.79 Å². The Balaban J connectivity index is 2.38. The number of urea groups is 1. The predicted octanol–water partition coefficient (Wildman–Crippen LogP) is 0.266. The van der Waals surface area contributed by atoms with Crippen molar-refractivity contribution in [3.05, 3.63) is 22.4 Å². The number of nitrogens with one attached hydrogen (secondary N) is 2. The summed E-state index contributed by atoms with van der Waals surface area (Å²) in [5.41, 5.74) is 4.94. The van der Waals surface area contributed by atoms with Crippen LogP contribution in [0.3, 0.4) is 0 Å². The van der Waals surface area contributed by atoms with Gasteiger partial charge in [-0.15, -0.1) is 11.3 Å². The molecule has 0 aliphatic rings. The van der Waals surface area contributed by atoms with Crippen molar-refractivity contribution >= 4 is 29.2 Å². The minimum absolute atomic E-state index is 0.0307. The van der Waals surface area contributed by atoms with Gasteiger partial charge in [0, 0.05) is 11.3 Å². The van der Waals surface area contributed by atoms with Crippen LogP contribution < -0.4 is 16.4 Å². The summed E-state index contributed by atoms with van der Waals surface area (Å²) in [5, 5.41) is 15.6. The summed E-state index contributed by atoms with van der Waals surface area (Å²) in [7, 11) is 0. The number of hydrogen-bond donors (Lipinski definition) is 4. The van der Waals surface area contributed by atoms with Gasteiger partial charge >= 0.3 is 12.0 Å². The number of primary amides is 1. The number of hydrogen-bond acceptors (Lipinski definition) is 4. The number of amides is 3. The number of carbonyl (C=O) groups excluding carboxylic acids is 2. The highest BCUT2D eigenvalue weighted by Gasteiger charge is 2.20. The first-order valence-corrected chi connectivity index (χ1v) is 6.45. The lowest BCUT2D eigenvalue weighted by Crippen LogP contribution is -2.46. The van der Waals surface area contributed by atoms with E-state index in [1.54, 1.807) is 0 Å². The van der Waals surface area contributed by atoms with Gasteiger partial charge in [-0.2, -0.15) is 0 Å². The van der Waals surface area contributed by atoms with Gasteiger partial charge in [0.25, 0.3) is 0 Å². The van der Waals surface area contributed by atoms with Crippen molar-refractivity contribution < 1.29 is 19.5 Å². The molecule has 0 radical (unpaired) electrons. The standard InChI is InChI=1S/C11H15N3O4S/c12-9(15)4-3-8(10(16)17)14-11(18)13-6-7-2-1-5-19-7/h1-2,5,8H,3-4,6H2,(H2,12,15)(H,16,17)(H2,13,14,18)/t8-/m1/s1. The Bertz CT molecular complexity index is 447. The molecule has 19 heavy (non-hydrogen) atoms. The average molecular weight is 285 g/mol. The van der Waals surface area contributed by atoms with Crippen LogP contribution in [-0.2, 0) is 16.1 Å². The van der Waals surface area contributed by atoms with E-state index < -0.39 is 23.9 Å². The van der Waals surface area contributed by atoms with E-state index in [-0.39, 0.29) is 12.8 Å². The maximum absolute atomic E-state index is 11.5. The highest BCUT2D eigenvalue weighted by Crippen LogP contribution is 2.07. The van der Waals surface area contributed by atoms with Crippen LogP contribution in [0.15, 0.2) is 17.5 Å². The molecule has 0 aromatic carbocycles. The third-order valence-corrected chi connectivity index (χ3v) is 3.16. The summed E-state index contributed by atoms with van der Waals surface area (Å²) in [4.78, 5) is 33.9. The van der Waals surface area contributed by atoms with Gasteiger partial charge in [-0.05, 0) is 17.9 Å². The van der Waals surface area contributed by atoms with Gasteiger partial charge < -0.3 is 21.5 Å². The van der Waals surface area contributed by atoms with Gasteiger partial charge in [0.2, 0.25) is 5.91 Å². The highest BCUT2D eigenvalue weighted by atomic mass is 32.1. The first-order valence-electron chi connectivity index (χ1n) is 5.57. The molecule has 1 aromatic heterocycles. The molecule has 8 heteroatoms. The summed E-state index contributed by atoms with van der Waals surface area (Å²) >= 11 is 1.48. The molecular formula is C11H15N3O4S. The zero-order chi connectivity index (χ0) is 14.3. The summed E-state index contributed by atoms with van der Waals surface area (Å²) in [5.74, 6) is -1.81. The fourth-order valence-corrected chi connectivity index (χ4v) is 1.98. The average Bonchev–Trinajstić information content (AvgIpc) is 2.84. The van der Waals surface area contributed by atoms with E-state index in [0.717, 1.165) is 4.88 Å². The first-order chi connectivity index (χ1) is 8.99. The van der Waals surface area contributed by atoms with Gasteiger partial charge in [-0.25, -0.2) is 9.59 Å². The molecule has 0 spiro atoms. The van der Waals surface area contributed by atoms with Gasteiger partial charge in [0.1, 0.15) is 6.04 Å². The van der Waals surface area contributed by atoms with Crippen LogP contribution in [0.1, 0.15) is 17.7 Å². The lowest BCUT2D eigenvalue weighted by molar-refractivity contribution is -0.139. The Kier molecular flexibility index (Phi) is 5.80. The minimum atomic E-state index is -1.20. The summed E-state index contributed by atoms with van der Waals surface area (Å²) in [6.07, 6.45) is -0.126. The molecule has 3 amide bonds. The third kappa shape index (κ3) is 5.87. The van der Waals surface area contributed by atoms with E-state index in [9.17, 15) is 14.4 Å². The van der Waals surface area contributed by atoms with Crippen LogP contribution in [0, 0.1) is 0 Å². The number of thiophene rings is 1.